The molecule has 1 saturated carbocycles. The number of carbonyl (C=O) groups excluding carboxylic acids is 2. The van der Waals surface area contributed by atoms with Crippen LogP contribution >= 0.6 is 11.6 Å². The van der Waals surface area contributed by atoms with Crippen molar-refractivity contribution < 1.29 is 19.1 Å². The number of rotatable bonds is 9. The van der Waals surface area contributed by atoms with Crippen LogP contribution in [0.2, 0.25) is 5.02 Å². The van der Waals surface area contributed by atoms with Gasteiger partial charge in [0.2, 0.25) is 0 Å². The van der Waals surface area contributed by atoms with E-state index in [2.05, 4.69) is 5.10 Å². The first-order valence-electron chi connectivity index (χ1n) is 13.4. The van der Waals surface area contributed by atoms with E-state index in [1.54, 1.807) is 0 Å². The van der Waals surface area contributed by atoms with Crippen LogP contribution in [0.25, 0.3) is 0 Å². The molecule has 2 fully saturated rings. The van der Waals surface area contributed by atoms with Crippen LogP contribution in [-0.4, -0.2) is 33.2 Å². The van der Waals surface area contributed by atoms with E-state index in [9.17, 15) is 9.59 Å². The standard InChI is InChI=1S/C29H39ClN2O4/c1-6-32-20(5)23(19(4)31-32)16-24-26(33)17-29(36-28(24)34,22-9-7-8-10-22)14-13-21-11-12-27(25(30)15-21)35-18(2)3/h11-12,15,18,22,24H,6-10,13-14,16-17H2,1-5H3. The first-order chi connectivity index (χ1) is 17.1. The van der Waals surface area contributed by atoms with E-state index in [0.717, 1.165) is 54.7 Å². The summed E-state index contributed by atoms with van der Waals surface area (Å²) in [6.07, 6.45) is 6.22. The van der Waals surface area contributed by atoms with Crippen LogP contribution in [-0.2, 0) is 33.7 Å². The highest BCUT2D eigenvalue weighted by Gasteiger charge is 2.51. The SMILES string of the molecule is CCn1nc(C)c(CC2C(=O)CC(CCc3ccc(OC(C)C)c(Cl)c3)(C3CCCC3)OC2=O)c1C. The molecule has 0 radical (unpaired) electrons. The summed E-state index contributed by atoms with van der Waals surface area (Å²) < 4.78 is 14.0. The quantitative estimate of drug-likeness (QED) is 0.294. The molecule has 6 nitrogen and oxygen atoms in total. The number of halogens is 1. The Hall–Kier alpha value is -2.34. The van der Waals surface area contributed by atoms with E-state index >= 15 is 0 Å². The van der Waals surface area contributed by atoms with Crippen LogP contribution in [0.3, 0.4) is 0 Å². The van der Waals surface area contributed by atoms with Crippen molar-refractivity contribution in [2.45, 2.75) is 104 Å². The lowest BCUT2D eigenvalue weighted by molar-refractivity contribution is -0.185. The van der Waals surface area contributed by atoms with Crippen LogP contribution in [0, 0.1) is 25.7 Å². The zero-order valence-electron chi connectivity index (χ0n) is 22.2. The zero-order valence-corrected chi connectivity index (χ0v) is 23.0. The molecule has 36 heavy (non-hydrogen) atoms. The molecule has 7 heteroatoms. The molecule has 2 heterocycles. The second-order valence-electron chi connectivity index (χ2n) is 10.8. The van der Waals surface area contributed by atoms with Gasteiger partial charge in [0, 0.05) is 18.7 Å². The molecular formula is C29H39ClN2O4. The lowest BCUT2D eigenvalue weighted by Gasteiger charge is -2.43. The van der Waals surface area contributed by atoms with E-state index < -0.39 is 11.5 Å². The van der Waals surface area contributed by atoms with Crippen molar-refractivity contribution in [1.29, 1.82) is 0 Å². The first kappa shape index (κ1) is 26.7. The van der Waals surface area contributed by atoms with E-state index in [1.807, 2.05) is 57.5 Å². The van der Waals surface area contributed by atoms with Crippen molar-refractivity contribution >= 4 is 23.4 Å². The fourth-order valence-corrected chi connectivity index (χ4v) is 6.27. The molecule has 0 spiro atoms. The van der Waals surface area contributed by atoms with Crippen LogP contribution in [0.4, 0.5) is 0 Å². The summed E-state index contributed by atoms with van der Waals surface area (Å²) in [5, 5.41) is 5.14. The van der Waals surface area contributed by atoms with Gasteiger partial charge in [0.1, 0.15) is 17.3 Å². The third-order valence-corrected chi connectivity index (χ3v) is 8.28. The second kappa shape index (κ2) is 11.0. The number of hydrogen-bond donors (Lipinski definition) is 0. The molecule has 2 aromatic rings. The largest absolute Gasteiger partial charge is 0.489 e. The average molecular weight is 515 g/mol. The number of Topliss-reactive ketones (excluding diaryl/α,β-unsaturated/α-hetero) is 1. The molecular weight excluding hydrogens is 476 g/mol. The molecule has 1 aromatic carbocycles. The van der Waals surface area contributed by atoms with Crippen molar-refractivity contribution in [2.75, 3.05) is 0 Å². The highest BCUT2D eigenvalue weighted by Crippen LogP contribution is 2.45. The number of aromatic nitrogens is 2. The highest BCUT2D eigenvalue weighted by atomic mass is 35.5. The Bertz CT molecular complexity index is 1100. The van der Waals surface area contributed by atoms with Gasteiger partial charge in [-0.2, -0.15) is 5.10 Å². The zero-order chi connectivity index (χ0) is 26.0. The third kappa shape index (κ3) is 5.49. The molecule has 1 aliphatic carbocycles. The van der Waals surface area contributed by atoms with Gasteiger partial charge in [-0.3, -0.25) is 14.3 Å². The number of benzene rings is 1. The van der Waals surface area contributed by atoms with Crippen LogP contribution in [0.15, 0.2) is 18.2 Å². The summed E-state index contributed by atoms with van der Waals surface area (Å²) in [5.41, 5.74) is 3.20. The molecule has 196 valence electrons. The number of aryl methyl sites for hydroxylation is 3. The first-order valence-corrected chi connectivity index (χ1v) is 13.7. The lowest BCUT2D eigenvalue weighted by Crippen LogP contribution is -2.52. The van der Waals surface area contributed by atoms with Gasteiger partial charge in [-0.25, -0.2) is 0 Å². The molecule has 1 saturated heterocycles. The monoisotopic (exact) mass is 514 g/mol. The molecule has 0 bridgehead atoms. The fraction of sp³-hybridized carbons (Fsp3) is 0.621. The number of ether oxygens (including phenoxy) is 2. The summed E-state index contributed by atoms with van der Waals surface area (Å²) in [4.78, 5) is 26.9. The van der Waals surface area contributed by atoms with Crippen LogP contribution < -0.4 is 4.74 Å². The minimum absolute atomic E-state index is 0.0000813. The van der Waals surface area contributed by atoms with Crippen molar-refractivity contribution in [2.24, 2.45) is 11.8 Å². The summed E-state index contributed by atoms with van der Waals surface area (Å²) in [7, 11) is 0. The summed E-state index contributed by atoms with van der Waals surface area (Å²) in [5.74, 6) is -0.245. The Morgan fingerprint density at radius 2 is 1.94 bits per heavy atom. The van der Waals surface area contributed by atoms with Gasteiger partial charge >= 0.3 is 5.97 Å². The Balaban J connectivity index is 1.52. The number of esters is 1. The van der Waals surface area contributed by atoms with Gasteiger partial charge in [-0.15, -0.1) is 0 Å². The molecule has 0 N–H and O–H groups in total. The minimum atomic E-state index is -0.756. The molecule has 0 amide bonds. The average Bonchev–Trinajstić information content (AvgIpc) is 3.45. The molecule has 4 rings (SSSR count). The molecule has 2 aliphatic rings. The molecule has 2 unspecified atom stereocenters. The van der Waals surface area contributed by atoms with Gasteiger partial charge in [0.05, 0.1) is 16.8 Å². The summed E-state index contributed by atoms with van der Waals surface area (Å²) >= 11 is 6.47. The maximum atomic E-state index is 13.5. The van der Waals surface area contributed by atoms with Gasteiger partial charge < -0.3 is 9.47 Å². The van der Waals surface area contributed by atoms with Crippen molar-refractivity contribution in [3.8, 4) is 5.75 Å². The number of nitrogens with zero attached hydrogens (tertiary/aromatic N) is 2. The fourth-order valence-electron chi connectivity index (χ4n) is 6.02. The predicted octanol–water partition coefficient (Wildman–Crippen LogP) is 6.20. The highest BCUT2D eigenvalue weighted by molar-refractivity contribution is 6.32. The van der Waals surface area contributed by atoms with Gasteiger partial charge in [-0.05, 0) is 95.9 Å². The predicted molar refractivity (Wildman–Crippen MR) is 141 cm³/mol. The Kier molecular flexibility index (Phi) is 8.13. The number of ketones is 1. The number of hydrogen-bond acceptors (Lipinski definition) is 5. The van der Waals surface area contributed by atoms with Crippen molar-refractivity contribution in [3.63, 3.8) is 0 Å². The van der Waals surface area contributed by atoms with Gasteiger partial charge in [-0.1, -0.05) is 30.5 Å². The molecule has 2 atom stereocenters. The Labute approximate surface area is 219 Å². The Morgan fingerprint density at radius 1 is 1.22 bits per heavy atom. The van der Waals surface area contributed by atoms with Gasteiger partial charge in [0.15, 0.2) is 5.78 Å². The summed E-state index contributed by atoms with van der Waals surface area (Å²) in [6, 6.07) is 5.83. The maximum Gasteiger partial charge on any atom is 0.317 e. The van der Waals surface area contributed by atoms with Crippen molar-refractivity contribution in [3.05, 3.63) is 45.7 Å². The number of cyclic esters (lactones) is 1. The number of carbonyl (C=O) groups is 2. The molecule has 1 aromatic heterocycles. The Morgan fingerprint density at radius 3 is 2.53 bits per heavy atom. The third-order valence-electron chi connectivity index (χ3n) is 7.98. The van der Waals surface area contributed by atoms with E-state index in [4.69, 9.17) is 21.1 Å². The van der Waals surface area contributed by atoms with Gasteiger partial charge in [0.25, 0.3) is 0 Å². The minimum Gasteiger partial charge on any atom is -0.489 e. The maximum absolute atomic E-state index is 13.5. The van der Waals surface area contributed by atoms with Crippen molar-refractivity contribution in [1.82, 2.24) is 9.78 Å². The topological polar surface area (TPSA) is 70.4 Å². The summed E-state index contributed by atoms with van der Waals surface area (Å²) in [6.45, 7) is 10.7. The lowest BCUT2D eigenvalue weighted by atomic mass is 9.73. The second-order valence-corrected chi connectivity index (χ2v) is 11.2. The van der Waals surface area contributed by atoms with E-state index in [0.29, 0.717) is 30.0 Å². The normalized spacial score (nSPS) is 22.9. The van der Waals surface area contributed by atoms with E-state index in [-0.39, 0.29) is 30.2 Å². The van der Waals surface area contributed by atoms with E-state index in [1.165, 1.54) is 0 Å². The van der Waals surface area contributed by atoms with Crippen LogP contribution in [0.5, 0.6) is 5.75 Å². The van der Waals surface area contributed by atoms with Crippen LogP contribution in [0.1, 0.15) is 81.8 Å². The smallest absolute Gasteiger partial charge is 0.317 e. The molecule has 1 aliphatic heterocycles.